The zero-order valence-corrected chi connectivity index (χ0v) is 13.1. The van der Waals surface area contributed by atoms with Crippen LogP contribution in [0.4, 0.5) is 0 Å². The largest absolute Gasteiger partial charge is 0.341 e. The Labute approximate surface area is 123 Å². The van der Waals surface area contributed by atoms with Crippen molar-refractivity contribution in [1.82, 2.24) is 14.7 Å². The molecule has 2 saturated heterocycles. The van der Waals surface area contributed by atoms with E-state index in [9.17, 15) is 4.79 Å². The van der Waals surface area contributed by atoms with E-state index in [1.54, 1.807) is 0 Å². The van der Waals surface area contributed by atoms with E-state index >= 15 is 0 Å². The highest BCUT2D eigenvalue weighted by atomic mass is 16.2. The van der Waals surface area contributed by atoms with Crippen LogP contribution in [-0.4, -0.2) is 79.0 Å². The average molecular weight is 282 g/mol. The van der Waals surface area contributed by atoms with Crippen LogP contribution in [0.25, 0.3) is 0 Å². The first-order valence-electron chi connectivity index (χ1n) is 8.07. The van der Waals surface area contributed by atoms with Gasteiger partial charge in [-0.05, 0) is 32.2 Å². The summed E-state index contributed by atoms with van der Waals surface area (Å²) < 4.78 is 0. The molecule has 0 aromatic heterocycles. The number of likely N-dealkylation sites (tertiary alicyclic amines) is 1. The fourth-order valence-corrected chi connectivity index (χ4v) is 3.21. The third-order valence-corrected chi connectivity index (χ3v) is 4.70. The maximum atomic E-state index is 12.4. The van der Waals surface area contributed by atoms with Crippen molar-refractivity contribution in [3.05, 3.63) is 0 Å². The molecule has 116 valence electrons. The molecular formula is C15H30N4O. The van der Waals surface area contributed by atoms with Crippen molar-refractivity contribution in [2.75, 3.05) is 52.4 Å². The van der Waals surface area contributed by atoms with Crippen molar-refractivity contribution < 1.29 is 4.79 Å². The number of piperazine rings is 1. The number of amides is 1. The number of hydrogen-bond acceptors (Lipinski definition) is 4. The second-order valence-corrected chi connectivity index (χ2v) is 6.39. The van der Waals surface area contributed by atoms with Crippen molar-refractivity contribution in [2.45, 2.75) is 32.7 Å². The monoisotopic (exact) mass is 282 g/mol. The molecule has 2 aliphatic rings. The van der Waals surface area contributed by atoms with Crippen LogP contribution in [0, 0.1) is 5.92 Å². The quantitative estimate of drug-likeness (QED) is 0.783. The van der Waals surface area contributed by atoms with Gasteiger partial charge in [-0.1, -0.05) is 6.92 Å². The third kappa shape index (κ3) is 3.93. The molecule has 2 aliphatic heterocycles. The molecule has 2 fully saturated rings. The lowest BCUT2D eigenvalue weighted by Gasteiger charge is -2.39. The van der Waals surface area contributed by atoms with Gasteiger partial charge in [0.1, 0.15) is 0 Å². The summed E-state index contributed by atoms with van der Waals surface area (Å²) in [5, 5.41) is 0. The molecule has 2 rings (SSSR count). The minimum Gasteiger partial charge on any atom is -0.341 e. The van der Waals surface area contributed by atoms with Gasteiger partial charge in [0.15, 0.2) is 0 Å². The van der Waals surface area contributed by atoms with Gasteiger partial charge in [-0.25, -0.2) is 0 Å². The summed E-state index contributed by atoms with van der Waals surface area (Å²) in [4.78, 5) is 19.3. The fourth-order valence-electron chi connectivity index (χ4n) is 3.21. The topological polar surface area (TPSA) is 52.8 Å². The molecule has 0 bridgehead atoms. The summed E-state index contributed by atoms with van der Waals surface area (Å²) >= 11 is 0. The summed E-state index contributed by atoms with van der Waals surface area (Å²) in [7, 11) is 0. The van der Waals surface area contributed by atoms with E-state index in [0.717, 1.165) is 52.4 Å². The van der Waals surface area contributed by atoms with Crippen LogP contribution in [0.2, 0.25) is 0 Å². The SMILES string of the molecule is CC(CN)CN1CCN(C(C)C(=O)N2CCCC2)CC1. The molecule has 0 aromatic carbocycles. The minimum atomic E-state index is 0.0437. The van der Waals surface area contributed by atoms with Crippen molar-refractivity contribution in [2.24, 2.45) is 11.7 Å². The van der Waals surface area contributed by atoms with Gasteiger partial charge in [0.05, 0.1) is 6.04 Å². The molecule has 2 heterocycles. The van der Waals surface area contributed by atoms with Crippen molar-refractivity contribution in [3.8, 4) is 0 Å². The average Bonchev–Trinajstić information content (AvgIpc) is 3.00. The first kappa shape index (κ1) is 15.7. The fraction of sp³-hybridized carbons (Fsp3) is 0.933. The van der Waals surface area contributed by atoms with E-state index < -0.39 is 0 Å². The highest BCUT2D eigenvalue weighted by Gasteiger charge is 2.29. The molecular weight excluding hydrogens is 252 g/mol. The van der Waals surface area contributed by atoms with Crippen LogP contribution in [0.5, 0.6) is 0 Å². The van der Waals surface area contributed by atoms with E-state index in [0.29, 0.717) is 11.8 Å². The standard InChI is InChI=1S/C15H30N4O/c1-13(11-16)12-17-7-9-18(10-8-17)14(2)15(20)19-5-3-4-6-19/h13-14H,3-12,16H2,1-2H3. The Kier molecular flexibility index (Phi) is 5.81. The number of carbonyl (C=O) groups is 1. The lowest BCUT2D eigenvalue weighted by molar-refractivity contribution is -0.136. The van der Waals surface area contributed by atoms with Crippen LogP contribution in [0.1, 0.15) is 26.7 Å². The lowest BCUT2D eigenvalue weighted by Crippen LogP contribution is -2.54. The predicted octanol–water partition coefficient (Wildman–Crippen LogP) is 0.210. The Morgan fingerprint density at radius 1 is 1.05 bits per heavy atom. The summed E-state index contributed by atoms with van der Waals surface area (Å²) in [5.74, 6) is 0.886. The van der Waals surface area contributed by atoms with Gasteiger partial charge in [0.25, 0.3) is 0 Å². The molecule has 1 amide bonds. The van der Waals surface area contributed by atoms with E-state index in [1.807, 2.05) is 4.90 Å². The van der Waals surface area contributed by atoms with E-state index in [2.05, 4.69) is 23.6 Å². The Bertz CT molecular complexity index is 309. The molecule has 2 atom stereocenters. The van der Waals surface area contributed by atoms with Gasteiger partial charge >= 0.3 is 0 Å². The summed E-state index contributed by atoms with van der Waals surface area (Å²) in [6.07, 6.45) is 2.34. The van der Waals surface area contributed by atoms with E-state index in [1.165, 1.54) is 12.8 Å². The van der Waals surface area contributed by atoms with Gasteiger partial charge in [-0.3, -0.25) is 9.69 Å². The smallest absolute Gasteiger partial charge is 0.239 e. The van der Waals surface area contributed by atoms with Gasteiger partial charge in [-0.15, -0.1) is 0 Å². The van der Waals surface area contributed by atoms with Gasteiger partial charge < -0.3 is 15.5 Å². The number of carbonyl (C=O) groups excluding carboxylic acids is 1. The number of nitrogens with zero attached hydrogens (tertiary/aromatic N) is 3. The Balaban J connectivity index is 1.76. The van der Waals surface area contributed by atoms with E-state index in [4.69, 9.17) is 5.73 Å². The number of hydrogen-bond donors (Lipinski definition) is 1. The zero-order chi connectivity index (χ0) is 14.5. The first-order chi connectivity index (χ1) is 9.61. The van der Waals surface area contributed by atoms with Gasteiger partial charge in [0, 0.05) is 45.8 Å². The molecule has 5 heteroatoms. The van der Waals surface area contributed by atoms with E-state index in [-0.39, 0.29) is 6.04 Å². The Morgan fingerprint density at radius 3 is 2.20 bits per heavy atom. The number of rotatable bonds is 5. The maximum Gasteiger partial charge on any atom is 0.239 e. The molecule has 2 N–H and O–H groups in total. The lowest BCUT2D eigenvalue weighted by atomic mass is 10.1. The van der Waals surface area contributed by atoms with Crippen molar-refractivity contribution in [1.29, 1.82) is 0 Å². The molecule has 20 heavy (non-hydrogen) atoms. The Morgan fingerprint density at radius 2 is 1.65 bits per heavy atom. The highest BCUT2D eigenvalue weighted by molar-refractivity contribution is 5.81. The van der Waals surface area contributed by atoms with Crippen LogP contribution < -0.4 is 5.73 Å². The first-order valence-corrected chi connectivity index (χ1v) is 8.07. The van der Waals surface area contributed by atoms with Gasteiger partial charge in [-0.2, -0.15) is 0 Å². The predicted molar refractivity (Wildman–Crippen MR) is 81.5 cm³/mol. The van der Waals surface area contributed by atoms with Gasteiger partial charge in [0.2, 0.25) is 5.91 Å². The zero-order valence-electron chi connectivity index (χ0n) is 13.1. The molecule has 2 unspecified atom stereocenters. The molecule has 0 aromatic rings. The summed E-state index contributed by atoms with van der Waals surface area (Å²) in [6, 6.07) is 0.0437. The minimum absolute atomic E-state index is 0.0437. The maximum absolute atomic E-state index is 12.4. The molecule has 0 radical (unpaired) electrons. The second kappa shape index (κ2) is 7.38. The van der Waals surface area contributed by atoms with Crippen molar-refractivity contribution in [3.63, 3.8) is 0 Å². The second-order valence-electron chi connectivity index (χ2n) is 6.39. The van der Waals surface area contributed by atoms with Crippen LogP contribution in [0.15, 0.2) is 0 Å². The number of nitrogens with two attached hydrogens (primary N) is 1. The normalized spacial score (nSPS) is 24.9. The third-order valence-electron chi connectivity index (χ3n) is 4.70. The van der Waals surface area contributed by atoms with Crippen LogP contribution in [0.3, 0.4) is 0 Å². The summed E-state index contributed by atoms with van der Waals surface area (Å²) in [6.45, 7) is 12.1. The van der Waals surface area contributed by atoms with Crippen molar-refractivity contribution >= 4 is 5.91 Å². The molecule has 0 aliphatic carbocycles. The highest BCUT2D eigenvalue weighted by Crippen LogP contribution is 2.14. The molecule has 0 spiro atoms. The molecule has 5 nitrogen and oxygen atoms in total. The van der Waals surface area contributed by atoms with Crippen LogP contribution >= 0.6 is 0 Å². The van der Waals surface area contributed by atoms with Crippen LogP contribution in [-0.2, 0) is 4.79 Å². The Hall–Kier alpha value is -0.650. The molecule has 0 saturated carbocycles. The summed E-state index contributed by atoms with van der Waals surface area (Å²) in [5.41, 5.74) is 5.69.